The number of carbonyl (C=O) groups is 2. The Hall–Kier alpha value is -1.49. The molecule has 0 saturated heterocycles. The molecule has 0 saturated carbocycles. The summed E-state index contributed by atoms with van der Waals surface area (Å²) in [6.07, 6.45) is 0. The first kappa shape index (κ1) is 38.2. The van der Waals surface area contributed by atoms with Crippen LogP contribution in [-0.4, -0.2) is 35.6 Å². The second kappa shape index (κ2) is 10.4. The number of nitrogens with one attached hydrogen (secondary N) is 1. The van der Waals surface area contributed by atoms with Crippen molar-refractivity contribution in [1.82, 2.24) is 4.72 Å². The van der Waals surface area contributed by atoms with Gasteiger partial charge in [-0.25, -0.2) is 0 Å². The average Bonchev–Trinajstić information content (AvgIpc) is 2.26. The maximum absolute atomic E-state index is 12.7. The van der Waals surface area contributed by atoms with E-state index in [1.807, 2.05) is 0 Å². The third kappa shape index (κ3) is 5.00. The van der Waals surface area contributed by atoms with Crippen LogP contribution < -0.4 is 28.2 Å². The van der Waals surface area contributed by atoms with Gasteiger partial charge in [0.15, 0.2) is 0 Å². The molecule has 0 rings (SSSR count). The highest BCUT2D eigenvalue weighted by Crippen LogP contribution is 2.53. The molecule has 24 heavy (non-hydrogen) atoms. The van der Waals surface area contributed by atoms with Crippen molar-refractivity contribution in [2.45, 2.75) is 23.7 Å². The summed E-state index contributed by atoms with van der Waals surface area (Å²) in [5.74, 6) is -30.6. The van der Waals surface area contributed by atoms with E-state index in [-0.39, 0.29) is 23.5 Å². The van der Waals surface area contributed by atoms with Crippen LogP contribution in [0.2, 0.25) is 0 Å². The van der Waals surface area contributed by atoms with Crippen molar-refractivity contribution in [3.05, 3.63) is 0 Å². The Labute approximate surface area is 127 Å². The van der Waals surface area contributed by atoms with Crippen molar-refractivity contribution in [3.63, 3.8) is 0 Å². The number of alkyl halides is 8. The van der Waals surface area contributed by atoms with Crippen molar-refractivity contribution < 1.29 is 72.6 Å². The van der Waals surface area contributed by atoms with Crippen LogP contribution in [0.25, 0.3) is 0 Å². The highest BCUT2D eigenvalue weighted by Gasteiger charge is 2.84. The standard InChI is InChI=1S/C6HF9NO2S.5FH/c7-1(17)3(8,9)5(12,13)6(14,15)4(10,11)2(18)16-19;;;;;/h(H,16,18);5*1H/p-5. The summed E-state index contributed by atoms with van der Waals surface area (Å²) in [6.45, 7) is 0. The zero-order chi connectivity index (χ0) is 15.9. The number of rotatable bonds is 5. The van der Waals surface area contributed by atoms with Crippen molar-refractivity contribution >= 4 is 24.8 Å². The normalized spacial score (nSPS) is 11.2. The number of halogens is 14. The molecule has 0 aliphatic carbocycles. The van der Waals surface area contributed by atoms with E-state index in [9.17, 15) is 49.1 Å². The molecule has 1 amide bonds. The van der Waals surface area contributed by atoms with Gasteiger partial charge in [0.25, 0.3) is 0 Å². The molecular weight excluding hydrogens is 416 g/mol. The molecule has 1 radical (unpaired) electrons. The molecule has 0 heterocycles. The zero-order valence-corrected chi connectivity index (χ0v) is 10.8. The van der Waals surface area contributed by atoms with Gasteiger partial charge in [-0.3, -0.25) is 14.3 Å². The number of amides is 1. The van der Waals surface area contributed by atoms with E-state index in [0.29, 0.717) is 4.72 Å². The largest absolute Gasteiger partial charge is 1.00 e. The van der Waals surface area contributed by atoms with E-state index in [2.05, 4.69) is 12.8 Å². The maximum atomic E-state index is 12.7. The monoisotopic (exact) mass is 417 g/mol. The van der Waals surface area contributed by atoms with Gasteiger partial charge in [0.1, 0.15) is 0 Å². The van der Waals surface area contributed by atoms with Gasteiger partial charge in [-0.2, -0.15) is 39.5 Å². The molecule has 0 aromatic rings. The lowest BCUT2D eigenvalue weighted by Gasteiger charge is -2.33. The van der Waals surface area contributed by atoms with Gasteiger partial charge in [-0.05, 0) is 0 Å². The minimum Gasteiger partial charge on any atom is -1.00 e. The summed E-state index contributed by atoms with van der Waals surface area (Å²) in [7, 11) is 0. The summed E-state index contributed by atoms with van der Waals surface area (Å²) in [6, 6.07) is -4.27. The van der Waals surface area contributed by atoms with Crippen LogP contribution in [0.5, 0.6) is 0 Å². The first-order chi connectivity index (χ1) is 8.17. The molecule has 0 atom stereocenters. The summed E-state index contributed by atoms with van der Waals surface area (Å²) < 4.78 is 112. The molecule has 0 bridgehead atoms. The lowest BCUT2D eigenvalue weighted by molar-refractivity contribution is -0.348. The molecule has 0 aromatic carbocycles. The van der Waals surface area contributed by atoms with Gasteiger partial charge in [-0.15, -0.1) is 0 Å². The Morgan fingerprint density at radius 3 is 1.12 bits per heavy atom. The number of carbonyl (C=O) groups excluding carboxylic acids is 2. The zero-order valence-electron chi connectivity index (χ0n) is 10.0. The van der Waals surface area contributed by atoms with Crippen LogP contribution >= 0.6 is 12.8 Å². The van der Waals surface area contributed by atoms with Gasteiger partial charge in [0, 0.05) is 12.8 Å². The van der Waals surface area contributed by atoms with E-state index >= 15 is 0 Å². The van der Waals surface area contributed by atoms with Gasteiger partial charge < -0.3 is 23.5 Å². The van der Waals surface area contributed by atoms with E-state index in [1.54, 1.807) is 0 Å². The van der Waals surface area contributed by atoms with Crippen molar-refractivity contribution in [3.8, 4) is 0 Å². The van der Waals surface area contributed by atoms with Gasteiger partial charge in [-0.1, -0.05) is 0 Å². The third-order valence-corrected chi connectivity index (χ3v) is 1.99. The van der Waals surface area contributed by atoms with E-state index in [1.165, 1.54) is 0 Å². The third-order valence-electron chi connectivity index (χ3n) is 1.81. The van der Waals surface area contributed by atoms with Crippen molar-refractivity contribution in [2.24, 2.45) is 0 Å². The van der Waals surface area contributed by atoms with Crippen LogP contribution in [0, 0.1) is 0 Å². The first-order valence-electron chi connectivity index (χ1n) is 3.81. The minimum absolute atomic E-state index is 0. The first-order valence-corrected chi connectivity index (χ1v) is 4.22. The Morgan fingerprint density at radius 1 is 0.667 bits per heavy atom. The summed E-state index contributed by atoms with van der Waals surface area (Å²) >= 11 is 3.37. The molecule has 0 spiro atoms. The summed E-state index contributed by atoms with van der Waals surface area (Å²) in [5, 5.41) is 0. The second-order valence-corrected chi connectivity index (χ2v) is 3.21. The summed E-state index contributed by atoms with van der Waals surface area (Å²) in [4.78, 5) is 19.8. The van der Waals surface area contributed by atoms with Crippen LogP contribution in [0.3, 0.4) is 0 Å². The van der Waals surface area contributed by atoms with Crippen molar-refractivity contribution in [1.29, 1.82) is 0 Å². The van der Waals surface area contributed by atoms with Crippen LogP contribution in [-0.2, 0) is 9.59 Å². The van der Waals surface area contributed by atoms with Gasteiger partial charge in [0.2, 0.25) is 0 Å². The molecule has 1 N–H and O–H groups in total. The molecule has 3 nitrogen and oxygen atoms in total. The lowest BCUT2D eigenvalue weighted by atomic mass is 9.98. The Morgan fingerprint density at radius 2 is 0.917 bits per heavy atom. The number of hydrogen-bond acceptors (Lipinski definition) is 2. The van der Waals surface area contributed by atoms with Gasteiger partial charge in [0.05, 0.1) is 0 Å². The molecule has 0 fully saturated rings. The maximum Gasteiger partial charge on any atom is 0.404 e. The Kier molecular flexibility index (Phi) is 16.5. The number of hydrogen-bond donors (Lipinski definition) is 1. The van der Waals surface area contributed by atoms with Crippen LogP contribution in [0.1, 0.15) is 0 Å². The minimum atomic E-state index is -7.17. The molecule has 18 heteroatoms. The molecule has 0 aliphatic heterocycles. The van der Waals surface area contributed by atoms with Crippen LogP contribution in [0.4, 0.5) is 39.5 Å². The fourth-order valence-electron chi connectivity index (χ4n) is 0.724. The fraction of sp³-hybridized carbons (Fsp3) is 0.667. The molecular formula is C6HF14NO2S-5. The summed E-state index contributed by atoms with van der Waals surface area (Å²) in [5.41, 5.74) is 0. The molecule has 0 unspecified atom stereocenters. The average molecular weight is 417 g/mol. The predicted octanol–water partition coefficient (Wildman–Crippen LogP) is -12.7. The van der Waals surface area contributed by atoms with Crippen molar-refractivity contribution in [2.75, 3.05) is 0 Å². The SMILES string of the molecule is O=C(F)C(F)(F)C(F)(F)C(F)(F)C(F)(F)C(=O)N[S].[F-].[F-].[F-].[F-].[F-]. The molecule has 0 aliphatic rings. The highest BCUT2D eigenvalue weighted by molar-refractivity contribution is 7.78. The van der Waals surface area contributed by atoms with Crippen LogP contribution in [0.15, 0.2) is 0 Å². The smallest absolute Gasteiger partial charge is 0.404 e. The van der Waals surface area contributed by atoms with E-state index in [4.69, 9.17) is 0 Å². The lowest BCUT2D eigenvalue weighted by Crippen LogP contribution is -3.00. The van der Waals surface area contributed by atoms with E-state index in [0.717, 1.165) is 0 Å². The molecule has 0 aromatic heterocycles. The Balaban J connectivity index is -0.000000162. The predicted molar refractivity (Wildman–Crippen MR) is 41.6 cm³/mol. The topological polar surface area (TPSA) is 46.2 Å². The highest BCUT2D eigenvalue weighted by atomic mass is 32.1. The second-order valence-electron chi connectivity index (χ2n) is 3.00. The quantitative estimate of drug-likeness (QED) is 0.357. The van der Waals surface area contributed by atoms with E-state index < -0.39 is 35.6 Å². The van der Waals surface area contributed by atoms with Gasteiger partial charge >= 0.3 is 35.6 Å². The molecule has 151 valence electrons. The fourth-order valence-corrected chi connectivity index (χ4v) is 0.853. The Bertz CT molecular complexity index is 401.